The molecule has 2 aromatic carbocycles. The molecule has 0 radical (unpaired) electrons. The molecule has 10 nitrogen and oxygen atoms in total. The van der Waals surface area contributed by atoms with Crippen molar-refractivity contribution in [3.63, 3.8) is 0 Å². The molecule has 0 atom stereocenters. The maximum atomic E-state index is 12.5. The van der Waals surface area contributed by atoms with E-state index in [0.717, 1.165) is 22.3 Å². The highest BCUT2D eigenvalue weighted by Crippen LogP contribution is 2.29. The highest BCUT2D eigenvalue weighted by molar-refractivity contribution is 5.85. The third-order valence-electron chi connectivity index (χ3n) is 6.50. The monoisotopic (exact) mass is 524 g/mol. The molecule has 3 rings (SSSR count). The molecule has 204 valence electrons. The number of hydrazine groups is 2. The van der Waals surface area contributed by atoms with Crippen LogP contribution < -0.4 is 31.2 Å². The van der Waals surface area contributed by atoms with Crippen LogP contribution in [-0.4, -0.2) is 36.8 Å². The summed E-state index contributed by atoms with van der Waals surface area (Å²) < 4.78 is 11.0. The van der Waals surface area contributed by atoms with E-state index in [9.17, 15) is 19.2 Å². The fourth-order valence-electron chi connectivity index (χ4n) is 4.37. The maximum Gasteiger partial charge on any atom is 0.276 e. The zero-order valence-corrected chi connectivity index (χ0v) is 22.3. The van der Waals surface area contributed by atoms with Gasteiger partial charge in [-0.1, -0.05) is 35.4 Å². The summed E-state index contributed by atoms with van der Waals surface area (Å²) in [4.78, 5) is 49.0. The smallest absolute Gasteiger partial charge is 0.276 e. The minimum atomic E-state index is -0.469. The molecule has 0 aromatic heterocycles. The van der Waals surface area contributed by atoms with Crippen LogP contribution in [0.1, 0.15) is 47.9 Å². The van der Waals surface area contributed by atoms with Crippen molar-refractivity contribution in [3.8, 4) is 11.5 Å². The Labute approximate surface area is 222 Å². The average molecular weight is 525 g/mol. The van der Waals surface area contributed by atoms with Gasteiger partial charge in [-0.15, -0.1) is 0 Å². The Balaban J connectivity index is 1.31. The molecular weight excluding hydrogens is 488 g/mol. The molecule has 4 amide bonds. The Hall–Kier alpha value is -4.08. The van der Waals surface area contributed by atoms with Crippen molar-refractivity contribution in [2.75, 3.05) is 13.2 Å². The first kappa shape index (κ1) is 28.5. The van der Waals surface area contributed by atoms with Crippen LogP contribution in [0, 0.1) is 39.5 Å². The zero-order chi connectivity index (χ0) is 27.7. The summed E-state index contributed by atoms with van der Waals surface area (Å²) >= 11 is 0. The van der Waals surface area contributed by atoms with Crippen LogP contribution in [0.15, 0.2) is 36.4 Å². The van der Waals surface area contributed by atoms with Gasteiger partial charge in [-0.2, -0.15) is 0 Å². The van der Waals surface area contributed by atoms with Gasteiger partial charge in [0.2, 0.25) is 11.8 Å². The number of carbonyl (C=O) groups excluding carboxylic acids is 4. The third kappa shape index (κ3) is 8.50. The number of aryl methyl sites for hydroxylation is 4. The first-order chi connectivity index (χ1) is 18.1. The molecule has 4 N–H and O–H groups in total. The van der Waals surface area contributed by atoms with Crippen molar-refractivity contribution >= 4 is 23.6 Å². The first-order valence-corrected chi connectivity index (χ1v) is 12.7. The van der Waals surface area contributed by atoms with Crippen LogP contribution in [-0.2, 0) is 19.2 Å². The highest BCUT2D eigenvalue weighted by atomic mass is 16.5. The lowest BCUT2D eigenvalue weighted by Gasteiger charge is -2.27. The van der Waals surface area contributed by atoms with Gasteiger partial charge in [-0.3, -0.25) is 40.9 Å². The Kier molecular flexibility index (Phi) is 10.1. The second-order valence-corrected chi connectivity index (χ2v) is 9.74. The number of nitrogens with one attached hydrogen (secondary N) is 4. The van der Waals surface area contributed by atoms with Gasteiger partial charge in [0.1, 0.15) is 11.5 Å². The van der Waals surface area contributed by atoms with Gasteiger partial charge in [0.25, 0.3) is 11.8 Å². The van der Waals surface area contributed by atoms with Gasteiger partial charge < -0.3 is 9.47 Å². The molecule has 0 saturated heterocycles. The van der Waals surface area contributed by atoms with Gasteiger partial charge in [-0.05, 0) is 76.6 Å². The molecule has 0 heterocycles. The van der Waals surface area contributed by atoms with E-state index in [1.165, 1.54) is 0 Å². The summed E-state index contributed by atoms with van der Waals surface area (Å²) in [7, 11) is 0. The van der Waals surface area contributed by atoms with Gasteiger partial charge in [0.05, 0.1) is 0 Å². The van der Waals surface area contributed by atoms with Gasteiger partial charge in [0.15, 0.2) is 13.2 Å². The normalized spacial score (nSPS) is 16.6. The lowest BCUT2D eigenvalue weighted by molar-refractivity contribution is -0.135. The quantitative estimate of drug-likeness (QED) is 0.392. The molecule has 1 saturated carbocycles. The zero-order valence-electron chi connectivity index (χ0n) is 22.3. The molecular formula is C28H36N4O6. The Morgan fingerprint density at radius 1 is 0.632 bits per heavy atom. The second-order valence-electron chi connectivity index (χ2n) is 9.74. The van der Waals surface area contributed by atoms with Crippen molar-refractivity contribution in [1.29, 1.82) is 0 Å². The molecule has 0 spiro atoms. The third-order valence-corrected chi connectivity index (χ3v) is 6.50. The molecule has 38 heavy (non-hydrogen) atoms. The van der Waals surface area contributed by atoms with Crippen molar-refractivity contribution < 1.29 is 28.7 Å². The Bertz CT molecular complexity index is 1080. The van der Waals surface area contributed by atoms with Crippen molar-refractivity contribution in [2.45, 2.75) is 53.4 Å². The van der Waals surface area contributed by atoms with E-state index in [1.54, 1.807) is 12.1 Å². The molecule has 1 fully saturated rings. The number of hydrogen-bond donors (Lipinski definition) is 4. The van der Waals surface area contributed by atoms with E-state index >= 15 is 0 Å². The molecule has 0 unspecified atom stereocenters. The van der Waals surface area contributed by atoms with Gasteiger partial charge >= 0.3 is 0 Å². The number of rotatable bonds is 8. The Morgan fingerprint density at radius 3 is 1.34 bits per heavy atom. The topological polar surface area (TPSA) is 135 Å². The SMILES string of the molecule is Cc1ccc(OCC(=O)NNC(=O)C2CCC(C(=O)NNC(=O)COc3ccc(C)cc3C)CC2)c(C)c1. The minimum Gasteiger partial charge on any atom is -0.483 e. The van der Waals surface area contributed by atoms with Crippen molar-refractivity contribution in [2.24, 2.45) is 11.8 Å². The number of amides is 4. The minimum absolute atomic E-state index is 0.224. The number of hydrogen-bond acceptors (Lipinski definition) is 6. The van der Waals surface area contributed by atoms with Crippen LogP contribution in [0.25, 0.3) is 0 Å². The van der Waals surface area contributed by atoms with Crippen LogP contribution in [0.3, 0.4) is 0 Å². The second kappa shape index (κ2) is 13.5. The molecule has 0 aliphatic heterocycles. The molecule has 1 aliphatic rings. The molecule has 10 heteroatoms. The summed E-state index contributed by atoms with van der Waals surface area (Å²) in [5, 5.41) is 0. The van der Waals surface area contributed by atoms with Crippen LogP contribution in [0.2, 0.25) is 0 Å². The number of ether oxygens (including phenoxy) is 2. The maximum absolute atomic E-state index is 12.5. The van der Waals surface area contributed by atoms with E-state index in [1.807, 2.05) is 52.0 Å². The highest BCUT2D eigenvalue weighted by Gasteiger charge is 2.30. The largest absolute Gasteiger partial charge is 0.483 e. The fourth-order valence-corrected chi connectivity index (χ4v) is 4.37. The summed E-state index contributed by atoms with van der Waals surface area (Å²) in [5.41, 5.74) is 13.7. The van der Waals surface area contributed by atoms with E-state index < -0.39 is 11.8 Å². The summed E-state index contributed by atoms with van der Waals surface area (Å²) in [5.74, 6) is -0.966. The lowest BCUT2D eigenvalue weighted by Crippen LogP contribution is -2.48. The van der Waals surface area contributed by atoms with E-state index in [0.29, 0.717) is 37.2 Å². The van der Waals surface area contributed by atoms with E-state index in [4.69, 9.17) is 9.47 Å². The number of carbonyl (C=O) groups is 4. The summed E-state index contributed by atoms with van der Waals surface area (Å²) in [6.07, 6.45) is 1.95. The van der Waals surface area contributed by atoms with Gasteiger partial charge in [-0.25, -0.2) is 0 Å². The van der Waals surface area contributed by atoms with Crippen molar-refractivity contribution in [3.05, 3.63) is 58.7 Å². The van der Waals surface area contributed by atoms with E-state index in [2.05, 4.69) is 21.7 Å². The number of benzene rings is 2. The van der Waals surface area contributed by atoms with Crippen LogP contribution in [0.4, 0.5) is 0 Å². The standard InChI is InChI=1S/C28H36N4O6/c1-17-5-11-23(19(3)13-17)37-15-25(33)29-31-27(35)21-7-9-22(10-8-21)28(36)32-30-26(34)16-38-24-12-6-18(2)14-20(24)4/h5-6,11-14,21-22H,7-10,15-16H2,1-4H3,(H,29,33)(H,30,34)(H,31,35)(H,32,36). The van der Waals surface area contributed by atoms with Gasteiger partial charge in [0, 0.05) is 11.8 Å². The lowest BCUT2D eigenvalue weighted by atomic mass is 9.81. The summed E-state index contributed by atoms with van der Waals surface area (Å²) in [6, 6.07) is 11.3. The Morgan fingerprint density at radius 2 is 1.00 bits per heavy atom. The van der Waals surface area contributed by atoms with Crippen LogP contribution in [0.5, 0.6) is 11.5 Å². The fraction of sp³-hybridized carbons (Fsp3) is 0.429. The van der Waals surface area contributed by atoms with Crippen LogP contribution >= 0.6 is 0 Å². The molecule has 1 aliphatic carbocycles. The molecule has 2 aromatic rings. The first-order valence-electron chi connectivity index (χ1n) is 12.7. The predicted molar refractivity (Wildman–Crippen MR) is 141 cm³/mol. The average Bonchev–Trinajstić information content (AvgIpc) is 2.89. The molecule has 0 bridgehead atoms. The predicted octanol–water partition coefficient (Wildman–Crippen LogP) is 2.48. The van der Waals surface area contributed by atoms with E-state index in [-0.39, 0.29) is 36.9 Å². The summed E-state index contributed by atoms with van der Waals surface area (Å²) in [6.45, 7) is 7.29. The van der Waals surface area contributed by atoms with Crippen molar-refractivity contribution in [1.82, 2.24) is 21.7 Å².